The minimum absolute atomic E-state index is 0.512. The van der Waals surface area contributed by atoms with Gasteiger partial charge in [-0.2, -0.15) is 30.7 Å². The molecule has 134 valence electrons. The minimum Gasteiger partial charge on any atom is -0.383 e. The zero-order chi connectivity index (χ0) is 18.0. The third-order valence-corrected chi connectivity index (χ3v) is 4.54. The molecule has 0 aromatic heterocycles. The van der Waals surface area contributed by atoms with E-state index in [1.807, 2.05) is 0 Å². The van der Waals surface area contributed by atoms with E-state index in [0.29, 0.717) is 0 Å². The zero-order valence-corrected chi connectivity index (χ0v) is 12.2. The van der Waals surface area contributed by atoms with Gasteiger partial charge in [-0.15, -0.1) is 0 Å². The summed E-state index contributed by atoms with van der Waals surface area (Å²) in [5.74, 6) is -16.2. The molecule has 0 heterocycles. The summed E-state index contributed by atoms with van der Waals surface area (Å²) in [6, 6.07) is 0. The van der Waals surface area contributed by atoms with Gasteiger partial charge in [0.2, 0.25) is 0 Å². The second-order valence-corrected chi connectivity index (χ2v) is 6.05. The van der Waals surface area contributed by atoms with Crippen molar-refractivity contribution in [3.8, 4) is 0 Å². The molecule has 0 aromatic carbocycles. The van der Waals surface area contributed by atoms with E-state index in [1.165, 1.54) is 0 Å². The van der Waals surface area contributed by atoms with E-state index >= 15 is 0 Å². The Morgan fingerprint density at radius 1 is 0.955 bits per heavy atom. The van der Waals surface area contributed by atoms with Crippen LogP contribution < -0.4 is 0 Å². The number of hydrogen-bond donors (Lipinski definition) is 2. The molecular weight excluding hydrogens is 352 g/mol. The van der Waals surface area contributed by atoms with E-state index in [9.17, 15) is 40.4 Å². The monoisotopic (exact) mass is 366 g/mol. The van der Waals surface area contributed by atoms with Crippen molar-refractivity contribution in [2.24, 2.45) is 0 Å². The lowest BCUT2D eigenvalue weighted by Gasteiger charge is -2.35. The van der Waals surface area contributed by atoms with Gasteiger partial charge in [-0.3, -0.25) is 4.57 Å². The van der Waals surface area contributed by atoms with E-state index < -0.39 is 50.8 Å². The van der Waals surface area contributed by atoms with Crippen molar-refractivity contribution in [3.63, 3.8) is 0 Å². The predicted molar refractivity (Wildman–Crippen MR) is 58.8 cm³/mol. The van der Waals surface area contributed by atoms with Gasteiger partial charge < -0.3 is 19.3 Å². The lowest BCUT2D eigenvalue weighted by atomic mass is 10.1. The third-order valence-electron chi connectivity index (χ3n) is 2.37. The van der Waals surface area contributed by atoms with Crippen LogP contribution in [-0.4, -0.2) is 53.4 Å². The van der Waals surface area contributed by atoms with Crippen LogP contribution in [0.25, 0.3) is 0 Å². The first-order valence-electron chi connectivity index (χ1n) is 5.76. The summed E-state index contributed by atoms with van der Waals surface area (Å²) in [5.41, 5.74) is 0. The quantitative estimate of drug-likeness (QED) is 0.510. The molecule has 2 atom stereocenters. The van der Waals surface area contributed by atoms with Crippen LogP contribution in [0.15, 0.2) is 0 Å². The smallest absolute Gasteiger partial charge is 0.383 e. The van der Waals surface area contributed by atoms with Gasteiger partial charge in [-0.05, 0) is 13.8 Å². The van der Waals surface area contributed by atoms with Crippen LogP contribution in [0.3, 0.4) is 0 Å². The Hall–Kier alpha value is -0.420. The number of halogens is 7. The molecule has 0 spiro atoms. The lowest BCUT2D eigenvalue weighted by Crippen LogP contribution is -2.60. The van der Waals surface area contributed by atoms with E-state index in [-0.39, 0.29) is 0 Å². The Labute approximate surface area is 120 Å². The second kappa shape index (κ2) is 7.00. The molecule has 0 radical (unpaired) electrons. The topological polar surface area (TPSA) is 76.0 Å². The SMILES string of the molecule is CCOP(=O)(OCC)C(O)C(O)C(F)(F)C(F)(F)C(F)(F)F. The molecule has 0 aliphatic heterocycles. The molecule has 0 aliphatic carbocycles. The van der Waals surface area contributed by atoms with Crippen molar-refractivity contribution in [3.05, 3.63) is 0 Å². The normalized spacial score (nSPS) is 17.4. The fraction of sp³-hybridized carbons (Fsp3) is 1.00. The fourth-order valence-electron chi connectivity index (χ4n) is 1.28. The molecule has 0 aliphatic rings. The Morgan fingerprint density at radius 3 is 1.59 bits per heavy atom. The molecule has 0 fully saturated rings. The van der Waals surface area contributed by atoms with E-state index in [2.05, 4.69) is 9.05 Å². The molecule has 0 saturated carbocycles. The van der Waals surface area contributed by atoms with Crippen LogP contribution in [0.1, 0.15) is 13.8 Å². The summed E-state index contributed by atoms with van der Waals surface area (Å²) in [4.78, 5) is 0. The van der Waals surface area contributed by atoms with Gasteiger partial charge in [0.05, 0.1) is 13.2 Å². The highest BCUT2D eigenvalue weighted by molar-refractivity contribution is 7.54. The lowest BCUT2D eigenvalue weighted by molar-refractivity contribution is -0.374. The first-order valence-corrected chi connectivity index (χ1v) is 7.37. The highest BCUT2D eigenvalue weighted by atomic mass is 31.2. The minimum atomic E-state index is -6.71. The highest BCUT2D eigenvalue weighted by Crippen LogP contribution is 2.57. The molecule has 2 N–H and O–H groups in total. The van der Waals surface area contributed by atoms with E-state index in [1.54, 1.807) is 0 Å². The molecule has 22 heavy (non-hydrogen) atoms. The van der Waals surface area contributed by atoms with Crippen molar-refractivity contribution in [1.82, 2.24) is 0 Å². The number of hydrogen-bond acceptors (Lipinski definition) is 5. The first-order chi connectivity index (χ1) is 9.69. The summed E-state index contributed by atoms with van der Waals surface area (Å²) in [7, 11) is -4.96. The average Bonchev–Trinajstić information content (AvgIpc) is 2.35. The van der Waals surface area contributed by atoms with Crippen molar-refractivity contribution < 1.29 is 54.6 Å². The van der Waals surface area contributed by atoms with Crippen LogP contribution in [0, 0.1) is 0 Å². The molecule has 0 saturated heterocycles. The molecular formula is C9H14F7O5P. The van der Waals surface area contributed by atoms with Crippen LogP contribution in [0.5, 0.6) is 0 Å². The van der Waals surface area contributed by atoms with E-state index in [4.69, 9.17) is 5.11 Å². The van der Waals surface area contributed by atoms with E-state index in [0.717, 1.165) is 13.8 Å². The average molecular weight is 366 g/mol. The highest BCUT2D eigenvalue weighted by Gasteiger charge is 2.77. The molecule has 13 heteroatoms. The first kappa shape index (κ1) is 21.6. The Kier molecular flexibility index (Phi) is 6.86. The summed E-state index contributed by atoms with van der Waals surface area (Å²) >= 11 is 0. The van der Waals surface area contributed by atoms with Crippen molar-refractivity contribution >= 4 is 7.60 Å². The molecule has 0 bridgehead atoms. The number of aliphatic hydroxyl groups is 2. The Morgan fingerprint density at radius 2 is 1.32 bits per heavy atom. The molecule has 0 aromatic rings. The standard InChI is InChI=1S/C9H14F7O5P/c1-3-20-22(19,21-4-2)6(18)5(17)7(10,11)8(12,13)9(14,15)16/h5-6,17-18H,3-4H2,1-2H3. The van der Waals surface area contributed by atoms with Crippen molar-refractivity contribution in [2.75, 3.05) is 13.2 Å². The van der Waals surface area contributed by atoms with Crippen LogP contribution >= 0.6 is 7.60 Å². The molecule has 2 unspecified atom stereocenters. The third kappa shape index (κ3) is 3.91. The maximum absolute atomic E-state index is 13.2. The van der Waals surface area contributed by atoms with Gasteiger partial charge in [0.25, 0.3) is 0 Å². The summed E-state index contributed by atoms with van der Waals surface area (Å²) < 4.78 is 108. The molecule has 5 nitrogen and oxygen atoms in total. The largest absolute Gasteiger partial charge is 0.459 e. The van der Waals surface area contributed by atoms with Gasteiger partial charge >= 0.3 is 25.6 Å². The van der Waals surface area contributed by atoms with Gasteiger partial charge in [-0.25, -0.2) is 0 Å². The van der Waals surface area contributed by atoms with Gasteiger partial charge in [0, 0.05) is 0 Å². The number of rotatable bonds is 8. The van der Waals surface area contributed by atoms with Crippen LogP contribution in [0.2, 0.25) is 0 Å². The number of alkyl halides is 7. The summed E-state index contributed by atoms with van der Waals surface area (Å²) in [6.07, 6.45) is -10.8. The summed E-state index contributed by atoms with van der Waals surface area (Å²) in [5, 5.41) is 18.3. The van der Waals surface area contributed by atoms with Crippen molar-refractivity contribution in [2.45, 2.75) is 43.8 Å². The second-order valence-electron chi connectivity index (χ2n) is 3.93. The van der Waals surface area contributed by atoms with Crippen LogP contribution in [0.4, 0.5) is 30.7 Å². The summed E-state index contributed by atoms with van der Waals surface area (Å²) in [6.45, 7) is 1.30. The van der Waals surface area contributed by atoms with Crippen molar-refractivity contribution in [1.29, 1.82) is 0 Å². The van der Waals surface area contributed by atoms with Gasteiger partial charge in [0.15, 0.2) is 11.9 Å². The molecule has 0 rings (SSSR count). The van der Waals surface area contributed by atoms with Crippen LogP contribution in [-0.2, 0) is 13.6 Å². The Bertz CT molecular complexity index is 404. The zero-order valence-electron chi connectivity index (χ0n) is 11.3. The maximum atomic E-state index is 13.2. The Balaban J connectivity index is 5.63. The van der Waals surface area contributed by atoms with Gasteiger partial charge in [0.1, 0.15) is 0 Å². The maximum Gasteiger partial charge on any atom is 0.459 e. The molecule has 0 amide bonds. The fourth-order valence-corrected chi connectivity index (χ4v) is 2.92. The number of aliphatic hydroxyl groups excluding tert-OH is 2. The van der Waals surface area contributed by atoms with Gasteiger partial charge in [-0.1, -0.05) is 0 Å². The predicted octanol–water partition coefficient (Wildman–Crippen LogP) is 2.76.